The summed E-state index contributed by atoms with van der Waals surface area (Å²) in [6.07, 6.45) is 4.63. The van der Waals surface area contributed by atoms with E-state index in [4.69, 9.17) is 5.73 Å². The van der Waals surface area contributed by atoms with Gasteiger partial charge in [0.1, 0.15) is 0 Å². The predicted octanol–water partition coefficient (Wildman–Crippen LogP) is 2.12. The molecule has 2 heterocycles. The molecular weight excluding hydrogens is 349 g/mol. The third kappa shape index (κ3) is 5.46. The molecule has 1 aromatic heterocycles. The van der Waals surface area contributed by atoms with Crippen LogP contribution in [0.25, 0.3) is 0 Å². The van der Waals surface area contributed by atoms with E-state index < -0.39 is 6.04 Å². The molecule has 1 saturated heterocycles. The van der Waals surface area contributed by atoms with Crippen LogP contribution in [0.4, 0.5) is 5.82 Å². The van der Waals surface area contributed by atoms with E-state index in [9.17, 15) is 4.79 Å². The Hall–Kier alpha value is -1.11. The first-order valence-corrected chi connectivity index (χ1v) is 8.09. The third-order valence-corrected chi connectivity index (χ3v) is 4.72. The molecule has 0 aliphatic carbocycles. The Morgan fingerprint density at radius 3 is 2.79 bits per heavy atom. The van der Waals surface area contributed by atoms with Gasteiger partial charge in [-0.25, -0.2) is 0 Å². The fourth-order valence-corrected chi connectivity index (χ4v) is 2.85. The minimum atomic E-state index is -0.415. The number of carbonyl (C=O) groups is 1. The van der Waals surface area contributed by atoms with Crippen LogP contribution in [0.1, 0.15) is 33.1 Å². The maximum Gasteiger partial charge on any atom is 0.239 e. The lowest BCUT2D eigenvalue weighted by molar-refractivity contribution is -0.134. The van der Waals surface area contributed by atoms with Crippen LogP contribution in [-0.4, -0.2) is 53.2 Å². The molecule has 6 nitrogen and oxygen atoms in total. The van der Waals surface area contributed by atoms with Crippen molar-refractivity contribution < 1.29 is 4.79 Å². The predicted molar refractivity (Wildman–Crippen MR) is 102 cm³/mol. The van der Waals surface area contributed by atoms with Crippen LogP contribution in [0.3, 0.4) is 0 Å². The second-order valence-electron chi connectivity index (χ2n) is 6.18. The molecule has 8 heteroatoms. The lowest BCUT2D eigenvalue weighted by Crippen LogP contribution is -2.54. The normalized spacial score (nSPS) is 19.5. The van der Waals surface area contributed by atoms with Gasteiger partial charge in [0, 0.05) is 32.4 Å². The molecule has 0 radical (unpaired) electrons. The highest BCUT2D eigenvalue weighted by Gasteiger charge is 2.30. The number of nitrogens with two attached hydrogens (primary N) is 1. The van der Waals surface area contributed by atoms with Crippen LogP contribution in [0, 0.1) is 5.92 Å². The number of nitrogens with zero attached hydrogens (tertiary/aromatic N) is 4. The van der Waals surface area contributed by atoms with Gasteiger partial charge in [-0.3, -0.25) is 4.79 Å². The lowest BCUT2D eigenvalue weighted by atomic mass is 9.97. The van der Waals surface area contributed by atoms with Crippen molar-refractivity contribution in [1.82, 2.24) is 15.1 Å². The van der Waals surface area contributed by atoms with Crippen LogP contribution in [-0.2, 0) is 4.79 Å². The molecule has 3 unspecified atom stereocenters. The van der Waals surface area contributed by atoms with Crippen molar-refractivity contribution in [3.63, 3.8) is 0 Å². The maximum absolute atomic E-state index is 12.5. The minimum Gasteiger partial charge on any atom is -0.353 e. The topological polar surface area (TPSA) is 75.4 Å². The fourth-order valence-electron chi connectivity index (χ4n) is 2.85. The summed E-state index contributed by atoms with van der Waals surface area (Å²) in [4.78, 5) is 16.6. The number of anilines is 1. The van der Waals surface area contributed by atoms with Gasteiger partial charge in [-0.05, 0) is 30.9 Å². The van der Waals surface area contributed by atoms with Crippen molar-refractivity contribution in [3.05, 3.63) is 18.3 Å². The van der Waals surface area contributed by atoms with Gasteiger partial charge in [-0.15, -0.1) is 29.9 Å². The number of hydrogen-bond donors (Lipinski definition) is 1. The fraction of sp³-hybridized carbons (Fsp3) is 0.688. The second-order valence-corrected chi connectivity index (χ2v) is 6.18. The van der Waals surface area contributed by atoms with Crippen LogP contribution < -0.4 is 10.6 Å². The van der Waals surface area contributed by atoms with E-state index in [-0.39, 0.29) is 42.7 Å². The molecule has 1 aliphatic heterocycles. The molecule has 1 fully saturated rings. The summed E-state index contributed by atoms with van der Waals surface area (Å²) in [6.45, 7) is 5.83. The highest BCUT2D eigenvalue weighted by molar-refractivity contribution is 5.85. The minimum absolute atomic E-state index is 0. The number of piperidine rings is 1. The first-order chi connectivity index (χ1) is 10.5. The molecule has 2 N–H and O–H groups in total. The van der Waals surface area contributed by atoms with Crippen molar-refractivity contribution in [2.24, 2.45) is 11.7 Å². The van der Waals surface area contributed by atoms with Gasteiger partial charge >= 0.3 is 0 Å². The molecule has 1 aromatic rings. The van der Waals surface area contributed by atoms with E-state index in [0.717, 1.165) is 38.2 Å². The maximum atomic E-state index is 12.5. The van der Waals surface area contributed by atoms with Crippen LogP contribution in [0.2, 0.25) is 0 Å². The molecule has 0 spiro atoms. The zero-order valence-corrected chi connectivity index (χ0v) is 16.2. The lowest BCUT2D eigenvalue weighted by Gasteiger charge is -2.39. The van der Waals surface area contributed by atoms with Gasteiger partial charge in [-0.2, -0.15) is 5.10 Å². The molecule has 0 aromatic carbocycles. The van der Waals surface area contributed by atoms with Gasteiger partial charge in [0.15, 0.2) is 5.82 Å². The molecule has 24 heavy (non-hydrogen) atoms. The van der Waals surface area contributed by atoms with Gasteiger partial charge in [-0.1, -0.05) is 20.3 Å². The first kappa shape index (κ1) is 22.9. The number of halogens is 2. The SMILES string of the molecule is CCC(C)C(N)C(=O)N(C)C1CCCN(c2cccnn2)C1.Cl.Cl. The number of likely N-dealkylation sites (N-methyl/N-ethyl adjacent to an activating group) is 1. The van der Waals surface area contributed by atoms with Crippen molar-refractivity contribution in [2.45, 2.75) is 45.2 Å². The van der Waals surface area contributed by atoms with E-state index >= 15 is 0 Å². The Morgan fingerprint density at radius 1 is 1.50 bits per heavy atom. The van der Waals surface area contributed by atoms with Gasteiger partial charge in [0.2, 0.25) is 5.91 Å². The summed E-state index contributed by atoms with van der Waals surface area (Å²) in [5.74, 6) is 1.12. The average Bonchev–Trinajstić information content (AvgIpc) is 2.60. The van der Waals surface area contributed by atoms with Gasteiger partial charge in [0.25, 0.3) is 0 Å². The molecule has 138 valence electrons. The molecule has 2 rings (SSSR count). The Balaban J connectivity index is 0.00000264. The summed E-state index contributed by atoms with van der Waals surface area (Å²) >= 11 is 0. The number of rotatable bonds is 5. The van der Waals surface area contributed by atoms with E-state index in [1.54, 1.807) is 6.20 Å². The van der Waals surface area contributed by atoms with E-state index in [1.165, 1.54) is 0 Å². The molecule has 3 atom stereocenters. The van der Waals surface area contributed by atoms with Gasteiger partial charge < -0.3 is 15.5 Å². The van der Waals surface area contributed by atoms with E-state index in [0.29, 0.717) is 0 Å². The zero-order valence-electron chi connectivity index (χ0n) is 14.6. The van der Waals surface area contributed by atoms with Crippen molar-refractivity contribution in [1.29, 1.82) is 0 Å². The number of carbonyl (C=O) groups excluding carboxylic acids is 1. The molecule has 1 aliphatic rings. The van der Waals surface area contributed by atoms with Crippen molar-refractivity contribution in [3.8, 4) is 0 Å². The van der Waals surface area contributed by atoms with Crippen LogP contribution in [0.5, 0.6) is 0 Å². The molecular formula is C16H29Cl2N5O. The number of hydrogen-bond acceptors (Lipinski definition) is 5. The van der Waals surface area contributed by atoms with Crippen LogP contribution in [0.15, 0.2) is 18.3 Å². The summed E-state index contributed by atoms with van der Waals surface area (Å²) in [7, 11) is 1.87. The van der Waals surface area contributed by atoms with E-state index in [1.807, 2.05) is 31.0 Å². The summed E-state index contributed by atoms with van der Waals surface area (Å²) in [5, 5.41) is 8.10. The standard InChI is InChI=1S/C16H27N5O.2ClH/c1-4-12(2)15(17)16(22)20(3)13-7-6-10-21(11-13)14-8-5-9-18-19-14;;/h5,8-9,12-13,15H,4,6-7,10-11,17H2,1-3H3;2*1H. The largest absolute Gasteiger partial charge is 0.353 e. The summed E-state index contributed by atoms with van der Waals surface area (Å²) in [6, 6.07) is 3.61. The molecule has 0 bridgehead atoms. The summed E-state index contributed by atoms with van der Waals surface area (Å²) in [5.41, 5.74) is 6.10. The first-order valence-electron chi connectivity index (χ1n) is 8.09. The highest BCUT2D eigenvalue weighted by atomic mass is 35.5. The quantitative estimate of drug-likeness (QED) is 0.850. The Labute approximate surface area is 157 Å². The monoisotopic (exact) mass is 377 g/mol. The Kier molecular flexibility index (Phi) is 10.2. The third-order valence-electron chi connectivity index (χ3n) is 4.72. The van der Waals surface area contributed by atoms with Gasteiger partial charge in [0.05, 0.1) is 6.04 Å². The second kappa shape index (κ2) is 10.7. The van der Waals surface area contributed by atoms with Crippen molar-refractivity contribution in [2.75, 3.05) is 25.0 Å². The zero-order chi connectivity index (χ0) is 16.1. The Morgan fingerprint density at radius 2 is 2.21 bits per heavy atom. The Bertz CT molecular complexity index is 491. The average molecular weight is 378 g/mol. The van der Waals surface area contributed by atoms with Crippen LogP contribution >= 0.6 is 24.8 Å². The van der Waals surface area contributed by atoms with E-state index in [2.05, 4.69) is 22.0 Å². The highest BCUT2D eigenvalue weighted by Crippen LogP contribution is 2.20. The number of amides is 1. The molecule has 0 saturated carbocycles. The smallest absolute Gasteiger partial charge is 0.239 e. The molecule has 1 amide bonds. The number of aromatic nitrogens is 2. The van der Waals surface area contributed by atoms with Crippen molar-refractivity contribution >= 4 is 36.5 Å². The summed E-state index contributed by atoms with van der Waals surface area (Å²) < 4.78 is 0.